The van der Waals surface area contributed by atoms with E-state index in [0.717, 1.165) is 11.3 Å². The van der Waals surface area contributed by atoms with Gasteiger partial charge in [0, 0.05) is 18.1 Å². The third kappa shape index (κ3) is 3.83. The van der Waals surface area contributed by atoms with Crippen LogP contribution in [0.25, 0.3) is 0 Å². The summed E-state index contributed by atoms with van der Waals surface area (Å²) >= 11 is 0. The fourth-order valence-electron chi connectivity index (χ4n) is 2.73. The summed E-state index contributed by atoms with van der Waals surface area (Å²) in [5.41, 5.74) is 1.44. The van der Waals surface area contributed by atoms with Gasteiger partial charge >= 0.3 is 0 Å². The zero-order valence-electron chi connectivity index (χ0n) is 13.8. The highest BCUT2D eigenvalue weighted by atomic mass is 16.5. The smallest absolute Gasteiger partial charge is 0.258 e. The van der Waals surface area contributed by atoms with Crippen molar-refractivity contribution in [3.05, 3.63) is 53.6 Å². The molecule has 1 aliphatic rings. The van der Waals surface area contributed by atoms with Gasteiger partial charge in [0.15, 0.2) is 18.1 Å². The summed E-state index contributed by atoms with van der Waals surface area (Å²) in [6.07, 6.45) is 0.711. The quantitative estimate of drug-likeness (QED) is 0.906. The normalized spacial score (nSPS) is 15.3. The Morgan fingerprint density at radius 2 is 2.16 bits per heavy atom. The molecule has 1 amide bonds. The number of methoxy groups -OCH3 is 1. The summed E-state index contributed by atoms with van der Waals surface area (Å²) in [4.78, 5) is 12.2. The van der Waals surface area contributed by atoms with Gasteiger partial charge in [-0.3, -0.25) is 4.79 Å². The van der Waals surface area contributed by atoms with Gasteiger partial charge in [-0.25, -0.2) is 0 Å². The van der Waals surface area contributed by atoms with Crippen molar-refractivity contribution in [2.45, 2.75) is 12.5 Å². The minimum atomic E-state index is -0.229. The standard InChI is InChI=1S/C19H18N2O4/c1-23-18-10-13(11-20)6-7-17(18)25-12-19(22)21-15-8-9-24-16-5-3-2-4-14(15)16/h2-7,10,15H,8-9,12H2,1H3,(H,21,22)/t15-/m0/s1. The monoisotopic (exact) mass is 338 g/mol. The second-order valence-corrected chi connectivity index (χ2v) is 5.56. The summed E-state index contributed by atoms with van der Waals surface area (Å²) in [6.45, 7) is 0.425. The third-order valence-corrected chi connectivity index (χ3v) is 3.95. The van der Waals surface area contributed by atoms with Crippen LogP contribution in [0.4, 0.5) is 0 Å². The summed E-state index contributed by atoms with van der Waals surface area (Å²) < 4.78 is 16.3. The molecule has 6 heteroatoms. The molecule has 0 saturated carbocycles. The lowest BCUT2D eigenvalue weighted by Gasteiger charge is -2.26. The van der Waals surface area contributed by atoms with Gasteiger partial charge in [0.05, 0.1) is 31.4 Å². The Morgan fingerprint density at radius 3 is 2.96 bits per heavy atom. The molecular weight excluding hydrogens is 320 g/mol. The Morgan fingerprint density at radius 1 is 1.32 bits per heavy atom. The number of carbonyl (C=O) groups excluding carboxylic acids is 1. The summed E-state index contributed by atoms with van der Waals surface area (Å²) in [7, 11) is 1.49. The zero-order chi connectivity index (χ0) is 17.6. The number of amides is 1. The average Bonchev–Trinajstić information content (AvgIpc) is 2.66. The molecule has 1 N–H and O–H groups in total. The third-order valence-electron chi connectivity index (χ3n) is 3.95. The number of ether oxygens (including phenoxy) is 3. The zero-order valence-corrected chi connectivity index (χ0v) is 13.8. The molecule has 0 radical (unpaired) electrons. The van der Waals surface area contributed by atoms with Crippen molar-refractivity contribution in [3.8, 4) is 23.3 Å². The van der Waals surface area contributed by atoms with Crippen molar-refractivity contribution in [3.63, 3.8) is 0 Å². The van der Waals surface area contributed by atoms with Crippen molar-refractivity contribution in [2.24, 2.45) is 0 Å². The van der Waals surface area contributed by atoms with Crippen LogP contribution >= 0.6 is 0 Å². The second-order valence-electron chi connectivity index (χ2n) is 5.56. The maximum Gasteiger partial charge on any atom is 0.258 e. The molecular formula is C19H18N2O4. The van der Waals surface area contributed by atoms with Gasteiger partial charge in [-0.1, -0.05) is 18.2 Å². The van der Waals surface area contributed by atoms with Gasteiger partial charge in [0.2, 0.25) is 0 Å². The van der Waals surface area contributed by atoms with Crippen LogP contribution in [0, 0.1) is 11.3 Å². The van der Waals surface area contributed by atoms with Crippen molar-refractivity contribution < 1.29 is 19.0 Å². The molecule has 0 unspecified atom stereocenters. The number of rotatable bonds is 5. The van der Waals surface area contributed by atoms with E-state index >= 15 is 0 Å². The number of nitrogens with one attached hydrogen (secondary N) is 1. The van der Waals surface area contributed by atoms with E-state index in [1.807, 2.05) is 30.3 Å². The fourth-order valence-corrected chi connectivity index (χ4v) is 2.73. The van der Waals surface area contributed by atoms with Crippen LogP contribution in [0.3, 0.4) is 0 Å². The maximum atomic E-state index is 12.2. The van der Waals surface area contributed by atoms with Gasteiger partial charge in [0.1, 0.15) is 5.75 Å². The number of nitrogens with zero attached hydrogens (tertiary/aromatic N) is 1. The molecule has 1 heterocycles. The van der Waals surface area contributed by atoms with E-state index in [9.17, 15) is 4.79 Å². The molecule has 0 aliphatic carbocycles. The molecule has 25 heavy (non-hydrogen) atoms. The molecule has 128 valence electrons. The van der Waals surface area contributed by atoms with Gasteiger partial charge in [-0.05, 0) is 18.2 Å². The van der Waals surface area contributed by atoms with Crippen LogP contribution in [0.1, 0.15) is 23.6 Å². The Balaban J connectivity index is 1.62. The lowest BCUT2D eigenvalue weighted by Crippen LogP contribution is -2.35. The molecule has 3 rings (SSSR count). The Hall–Kier alpha value is -3.20. The van der Waals surface area contributed by atoms with Crippen LogP contribution in [0.5, 0.6) is 17.2 Å². The lowest BCUT2D eigenvalue weighted by molar-refractivity contribution is -0.124. The molecule has 1 aliphatic heterocycles. The molecule has 1 atom stereocenters. The van der Waals surface area contributed by atoms with E-state index in [1.165, 1.54) is 7.11 Å². The predicted molar refractivity (Wildman–Crippen MR) is 90.6 cm³/mol. The van der Waals surface area contributed by atoms with E-state index in [2.05, 4.69) is 5.32 Å². The number of nitriles is 1. The molecule has 2 aromatic rings. The highest BCUT2D eigenvalue weighted by molar-refractivity contribution is 5.78. The fraction of sp³-hybridized carbons (Fsp3) is 0.263. The molecule has 6 nitrogen and oxygen atoms in total. The minimum absolute atomic E-state index is 0.0936. The van der Waals surface area contributed by atoms with Crippen LogP contribution in [-0.4, -0.2) is 26.2 Å². The van der Waals surface area contributed by atoms with Crippen LogP contribution in [0.2, 0.25) is 0 Å². The summed E-state index contributed by atoms with van der Waals surface area (Å²) in [5, 5.41) is 11.9. The highest BCUT2D eigenvalue weighted by Crippen LogP contribution is 2.31. The van der Waals surface area contributed by atoms with Crippen molar-refractivity contribution >= 4 is 5.91 Å². The van der Waals surface area contributed by atoms with Crippen LogP contribution in [0.15, 0.2) is 42.5 Å². The Kier molecular flexibility index (Phi) is 5.05. The molecule has 0 saturated heterocycles. The number of benzene rings is 2. The van der Waals surface area contributed by atoms with Gasteiger partial charge in [-0.15, -0.1) is 0 Å². The predicted octanol–water partition coefficient (Wildman–Crippen LogP) is 2.59. The molecule has 0 spiro atoms. The lowest BCUT2D eigenvalue weighted by atomic mass is 10.0. The first-order valence-electron chi connectivity index (χ1n) is 7.93. The molecule has 0 fully saturated rings. The van der Waals surface area contributed by atoms with Crippen molar-refractivity contribution in [2.75, 3.05) is 20.3 Å². The van der Waals surface area contributed by atoms with E-state index < -0.39 is 0 Å². The van der Waals surface area contributed by atoms with Crippen molar-refractivity contribution in [1.82, 2.24) is 5.32 Å². The van der Waals surface area contributed by atoms with Gasteiger partial charge in [0.25, 0.3) is 5.91 Å². The van der Waals surface area contributed by atoms with Crippen LogP contribution in [-0.2, 0) is 4.79 Å². The van der Waals surface area contributed by atoms with E-state index in [0.29, 0.717) is 30.1 Å². The molecule has 0 bridgehead atoms. The number of hydrogen-bond acceptors (Lipinski definition) is 5. The first-order chi connectivity index (χ1) is 12.2. The summed E-state index contributed by atoms with van der Waals surface area (Å²) in [5.74, 6) is 1.41. The first kappa shape index (κ1) is 16.7. The second kappa shape index (κ2) is 7.58. The SMILES string of the molecule is COc1cc(C#N)ccc1OCC(=O)N[C@H]1CCOc2ccccc21. The topological polar surface area (TPSA) is 80.6 Å². The van der Waals surface area contributed by atoms with E-state index in [4.69, 9.17) is 19.5 Å². The molecule has 0 aromatic heterocycles. The Bertz CT molecular complexity index is 813. The van der Waals surface area contributed by atoms with E-state index in [1.54, 1.807) is 18.2 Å². The van der Waals surface area contributed by atoms with Gasteiger partial charge < -0.3 is 19.5 Å². The molecule has 2 aromatic carbocycles. The van der Waals surface area contributed by atoms with Gasteiger partial charge in [-0.2, -0.15) is 5.26 Å². The maximum absolute atomic E-state index is 12.2. The largest absolute Gasteiger partial charge is 0.493 e. The highest BCUT2D eigenvalue weighted by Gasteiger charge is 2.22. The number of fused-ring (bicyclic) bond motifs is 1. The Labute approximate surface area is 145 Å². The average molecular weight is 338 g/mol. The first-order valence-corrected chi connectivity index (χ1v) is 7.93. The van der Waals surface area contributed by atoms with Crippen LogP contribution < -0.4 is 19.5 Å². The summed E-state index contributed by atoms with van der Waals surface area (Å²) in [6, 6.07) is 14.4. The van der Waals surface area contributed by atoms with Crippen molar-refractivity contribution in [1.29, 1.82) is 5.26 Å². The minimum Gasteiger partial charge on any atom is -0.493 e. The number of hydrogen-bond donors (Lipinski definition) is 1. The number of para-hydroxylation sites is 1. The number of carbonyl (C=O) groups is 1. The van der Waals surface area contributed by atoms with E-state index in [-0.39, 0.29) is 18.6 Å².